The quantitative estimate of drug-likeness (QED) is 0.473. The van der Waals surface area contributed by atoms with Crippen molar-refractivity contribution < 1.29 is 18.0 Å². The molecule has 148 valence electrons. The second-order valence-corrected chi connectivity index (χ2v) is 8.98. The lowest BCUT2D eigenvalue weighted by atomic mass is 10.1. The first-order valence-electron chi connectivity index (χ1n) is 9.29. The SMILES string of the molecule is Cc1ccc(S(=O)(=O)n2ccc3cc(N4C(=O)c5ccccc5C4=O)ccc32)cc1. The molecule has 30 heavy (non-hydrogen) atoms. The summed E-state index contributed by atoms with van der Waals surface area (Å²) >= 11 is 0. The van der Waals surface area contributed by atoms with Gasteiger partial charge in [-0.15, -0.1) is 0 Å². The van der Waals surface area contributed by atoms with E-state index in [0.717, 1.165) is 10.5 Å². The highest BCUT2D eigenvalue weighted by Gasteiger charge is 2.36. The number of nitrogens with zero attached hydrogens (tertiary/aromatic N) is 2. The lowest BCUT2D eigenvalue weighted by Gasteiger charge is -2.14. The normalized spacial score (nSPS) is 13.8. The number of amides is 2. The number of imide groups is 1. The molecule has 3 aromatic carbocycles. The van der Waals surface area contributed by atoms with Gasteiger partial charge < -0.3 is 0 Å². The third-order valence-electron chi connectivity index (χ3n) is 5.27. The first-order valence-corrected chi connectivity index (χ1v) is 10.7. The molecule has 0 saturated carbocycles. The van der Waals surface area contributed by atoms with E-state index in [-0.39, 0.29) is 16.7 Å². The summed E-state index contributed by atoms with van der Waals surface area (Å²) in [7, 11) is -3.77. The fourth-order valence-corrected chi connectivity index (χ4v) is 5.05. The molecular weight excluding hydrogens is 400 g/mol. The number of aromatic nitrogens is 1. The Morgan fingerprint density at radius 1 is 0.767 bits per heavy atom. The topological polar surface area (TPSA) is 76.5 Å². The average molecular weight is 416 g/mol. The Kier molecular flexibility index (Phi) is 3.91. The highest BCUT2D eigenvalue weighted by molar-refractivity contribution is 7.90. The molecule has 0 fully saturated rings. The van der Waals surface area contributed by atoms with E-state index in [4.69, 9.17) is 0 Å². The van der Waals surface area contributed by atoms with Gasteiger partial charge in [0.25, 0.3) is 21.8 Å². The molecule has 7 heteroatoms. The van der Waals surface area contributed by atoms with Gasteiger partial charge in [-0.05, 0) is 55.5 Å². The minimum absolute atomic E-state index is 0.190. The maximum absolute atomic E-state index is 13.1. The van der Waals surface area contributed by atoms with E-state index in [0.29, 0.717) is 27.7 Å². The third kappa shape index (κ3) is 2.59. The summed E-state index contributed by atoms with van der Waals surface area (Å²) in [5.74, 6) is -0.775. The van der Waals surface area contributed by atoms with Crippen LogP contribution < -0.4 is 4.90 Å². The Morgan fingerprint density at radius 2 is 1.40 bits per heavy atom. The third-order valence-corrected chi connectivity index (χ3v) is 6.97. The van der Waals surface area contributed by atoms with Gasteiger partial charge in [0.2, 0.25) is 0 Å². The van der Waals surface area contributed by atoms with E-state index in [1.807, 2.05) is 6.92 Å². The second-order valence-electron chi connectivity index (χ2n) is 7.16. The summed E-state index contributed by atoms with van der Waals surface area (Å²) in [4.78, 5) is 26.8. The summed E-state index contributed by atoms with van der Waals surface area (Å²) < 4.78 is 27.3. The van der Waals surface area contributed by atoms with Crippen molar-refractivity contribution in [2.24, 2.45) is 0 Å². The molecule has 0 N–H and O–H groups in total. The molecule has 6 nitrogen and oxygen atoms in total. The van der Waals surface area contributed by atoms with E-state index in [1.165, 1.54) is 10.2 Å². The molecular formula is C23H16N2O4S. The van der Waals surface area contributed by atoms with Crippen LogP contribution in [-0.2, 0) is 10.0 Å². The van der Waals surface area contributed by atoms with E-state index >= 15 is 0 Å². The fourth-order valence-electron chi connectivity index (χ4n) is 3.70. The van der Waals surface area contributed by atoms with Crippen LogP contribution in [0.4, 0.5) is 5.69 Å². The number of anilines is 1. The van der Waals surface area contributed by atoms with E-state index in [9.17, 15) is 18.0 Å². The molecule has 5 rings (SSSR count). The van der Waals surface area contributed by atoms with Crippen molar-refractivity contribution >= 4 is 38.4 Å². The van der Waals surface area contributed by atoms with E-state index in [1.54, 1.807) is 72.8 Å². The van der Waals surface area contributed by atoms with Crippen molar-refractivity contribution in [1.82, 2.24) is 3.97 Å². The van der Waals surface area contributed by atoms with Gasteiger partial charge >= 0.3 is 0 Å². The Morgan fingerprint density at radius 3 is 2.03 bits per heavy atom. The molecule has 0 bridgehead atoms. The molecule has 0 saturated heterocycles. The molecule has 0 aliphatic carbocycles. The fraction of sp³-hybridized carbons (Fsp3) is 0.0435. The van der Waals surface area contributed by atoms with Crippen molar-refractivity contribution in [2.45, 2.75) is 11.8 Å². The molecule has 0 radical (unpaired) electrons. The maximum Gasteiger partial charge on any atom is 0.268 e. The molecule has 1 aromatic heterocycles. The summed E-state index contributed by atoms with van der Waals surface area (Å²) in [6.07, 6.45) is 1.48. The van der Waals surface area contributed by atoms with Crippen LogP contribution in [0.2, 0.25) is 0 Å². The maximum atomic E-state index is 13.1. The van der Waals surface area contributed by atoms with Crippen molar-refractivity contribution in [3.8, 4) is 0 Å². The van der Waals surface area contributed by atoms with Crippen molar-refractivity contribution in [2.75, 3.05) is 4.90 Å². The van der Waals surface area contributed by atoms with Crippen LogP contribution in [0.3, 0.4) is 0 Å². The van der Waals surface area contributed by atoms with Gasteiger partial charge in [0.05, 0.1) is 27.2 Å². The Labute approximate surface area is 173 Å². The molecule has 2 amide bonds. The first kappa shape index (κ1) is 18.3. The van der Waals surface area contributed by atoms with Gasteiger partial charge in [0, 0.05) is 11.6 Å². The number of hydrogen-bond donors (Lipinski definition) is 0. The number of benzene rings is 3. The van der Waals surface area contributed by atoms with Crippen molar-refractivity contribution in [3.63, 3.8) is 0 Å². The van der Waals surface area contributed by atoms with Crippen LogP contribution >= 0.6 is 0 Å². The van der Waals surface area contributed by atoms with Crippen LogP contribution in [0.15, 0.2) is 83.9 Å². The van der Waals surface area contributed by atoms with Crippen molar-refractivity contribution in [1.29, 1.82) is 0 Å². The van der Waals surface area contributed by atoms with Gasteiger partial charge in [-0.2, -0.15) is 0 Å². The predicted molar refractivity (Wildman–Crippen MR) is 113 cm³/mol. The Hall–Kier alpha value is -3.71. The van der Waals surface area contributed by atoms with Crippen LogP contribution in [0, 0.1) is 6.92 Å². The second kappa shape index (κ2) is 6.40. The molecule has 1 aliphatic rings. The van der Waals surface area contributed by atoms with Crippen LogP contribution in [-0.4, -0.2) is 24.2 Å². The standard InChI is InChI=1S/C23H16N2O4S/c1-15-6-9-18(10-7-15)30(28,29)24-13-12-16-14-17(8-11-21(16)24)25-22(26)19-4-2-3-5-20(19)23(25)27/h2-14H,1H3. The molecule has 4 aromatic rings. The molecule has 0 atom stereocenters. The smallest absolute Gasteiger partial charge is 0.268 e. The number of aryl methyl sites for hydroxylation is 1. The summed E-state index contributed by atoms with van der Waals surface area (Å²) in [6.45, 7) is 1.89. The number of fused-ring (bicyclic) bond motifs is 2. The summed E-state index contributed by atoms with van der Waals surface area (Å²) in [5, 5.41) is 0.611. The summed E-state index contributed by atoms with van der Waals surface area (Å²) in [5.41, 5.74) is 2.57. The lowest BCUT2D eigenvalue weighted by molar-refractivity contribution is 0.0926. The number of carbonyl (C=O) groups is 2. The highest BCUT2D eigenvalue weighted by Crippen LogP contribution is 2.31. The van der Waals surface area contributed by atoms with Gasteiger partial charge in [0.15, 0.2) is 0 Å². The lowest BCUT2D eigenvalue weighted by Crippen LogP contribution is -2.29. The predicted octanol–water partition coefficient (Wildman–Crippen LogP) is 3.99. The van der Waals surface area contributed by atoms with Gasteiger partial charge in [-0.1, -0.05) is 29.8 Å². The first-order chi connectivity index (χ1) is 14.4. The molecule has 1 aliphatic heterocycles. The Bertz CT molecular complexity index is 1420. The zero-order chi connectivity index (χ0) is 21.0. The Balaban J connectivity index is 1.58. The number of carbonyl (C=O) groups excluding carboxylic acids is 2. The zero-order valence-electron chi connectivity index (χ0n) is 15.9. The van der Waals surface area contributed by atoms with Crippen LogP contribution in [0.1, 0.15) is 26.3 Å². The minimum atomic E-state index is -3.77. The van der Waals surface area contributed by atoms with Crippen LogP contribution in [0.5, 0.6) is 0 Å². The summed E-state index contributed by atoms with van der Waals surface area (Å²) in [6, 6.07) is 19.8. The van der Waals surface area contributed by atoms with E-state index < -0.39 is 10.0 Å². The van der Waals surface area contributed by atoms with Gasteiger partial charge in [0.1, 0.15) is 0 Å². The molecule has 0 spiro atoms. The highest BCUT2D eigenvalue weighted by atomic mass is 32.2. The van der Waals surface area contributed by atoms with Gasteiger partial charge in [-0.25, -0.2) is 17.3 Å². The molecule has 2 heterocycles. The van der Waals surface area contributed by atoms with Gasteiger partial charge in [-0.3, -0.25) is 9.59 Å². The van der Waals surface area contributed by atoms with Crippen LogP contribution in [0.25, 0.3) is 10.9 Å². The number of rotatable bonds is 3. The van der Waals surface area contributed by atoms with E-state index in [2.05, 4.69) is 0 Å². The minimum Gasteiger partial charge on any atom is -0.268 e. The largest absolute Gasteiger partial charge is 0.268 e. The molecule has 0 unspecified atom stereocenters. The van der Waals surface area contributed by atoms with Crippen molar-refractivity contribution in [3.05, 3.63) is 95.7 Å². The average Bonchev–Trinajstić information content (AvgIpc) is 3.28. The monoisotopic (exact) mass is 416 g/mol. The number of hydrogen-bond acceptors (Lipinski definition) is 4. The zero-order valence-corrected chi connectivity index (χ0v) is 16.8.